The topological polar surface area (TPSA) is 50.7 Å². The molecule has 3 aromatic rings. The number of amidine groups is 1. The molecule has 0 spiro atoms. The first-order valence-electron chi connectivity index (χ1n) is 9.33. The number of carbonyl (C=O) groups excluding carboxylic acids is 1. The maximum atomic E-state index is 12.7. The molecule has 0 amide bonds. The Labute approximate surface area is 184 Å². The van der Waals surface area contributed by atoms with Crippen molar-refractivity contribution < 1.29 is 22.8 Å². The molecule has 0 radical (unpaired) electrons. The number of hydroxylamine groups is 1. The van der Waals surface area contributed by atoms with Crippen LogP contribution in [0.25, 0.3) is 0 Å². The summed E-state index contributed by atoms with van der Waals surface area (Å²) in [7, 11) is 0. The number of nitrogens with one attached hydrogen (secondary N) is 1. The van der Waals surface area contributed by atoms with Crippen molar-refractivity contribution >= 4 is 27.7 Å². The molecule has 1 aliphatic rings. The van der Waals surface area contributed by atoms with E-state index in [2.05, 4.69) is 26.2 Å². The molecule has 1 unspecified atom stereocenters. The minimum atomic E-state index is -5.12. The van der Waals surface area contributed by atoms with Crippen molar-refractivity contribution in [3.05, 3.63) is 106 Å². The summed E-state index contributed by atoms with van der Waals surface area (Å²) in [6, 6.07) is 24.2. The molecule has 8 heteroatoms. The molecule has 0 fully saturated rings. The summed E-state index contributed by atoms with van der Waals surface area (Å²) in [5.41, 5.74) is 4.33. The van der Waals surface area contributed by atoms with E-state index in [1.54, 1.807) is 12.1 Å². The number of rotatable bonds is 2. The second-order valence-corrected chi connectivity index (χ2v) is 7.94. The Morgan fingerprint density at radius 2 is 1.65 bits per heavy atom. The third-order valence-electron chi connectivity index (χ3n) is 5.05. The van der Waals surface area contributed by atoms with Gasteiger partial charge in [-0.15, -0.1) is 0 Å². The van der Waals surface area contributed by atoms with Gasteiger partial charge in [0.15, 0.2) is 5.84 Å². The predicted molar refractivity (Wildman–Crippen MR) is 113 cm³/mol. The lowest BCUT2D eigenvalue weighted by Crippen LogP contribution is -2.41. The van der Waals surface area contributed by atoms with E-state index >= 15 is 0 Å². The van der Waals surface area contributed by atoms with Crippen LogP contribution in [0.3, 0.4) is 0 Å². The molecule has 31 heavy (non-hydrogen) atoms. The molecular formula is C23H16BrF3N2O2. The fraction of sp³-hybridized carbons (Fsp3) is 0.130. The first-order valence-corrected chi connectivity index (χ1v) is 10.1. The maximum Gasteiger partial charge on any atom is 0.493 e. The van der Waals surface area contributed by atoms with Gasteiger partial charge in [-0.25, -0.2) is 9.79 Å². The van der Waals surface area contributed by atoms with E-state index in [9.17, 15) is 18.0 Å². The van der Waals surface area contributed by atoms with Crippen LogP contribution < -0.4 is 5.48 Å². The second-order valence-electron chi connectivity index (χ2n) is 7.02. The number of hydrogen-bond donors (Lipinski definition) is 1. The summed E-state index contributed by atoms with van der Waals surface area (Å²) >= 11 is 3.49. The van der Waals surface area contributed by atoms with Gasteiger partial charge in [0.05, 0.1) is 0 Å². The summed E-state index contributed by atoms with van der Waals surface area (Å²) in [6.45, 7) is 0. The van der Waals surface area contributed by atoms with Crippen LogP contribution in [0, 0.1) is 0 Å². The maximum absolute atomic E-state index is 12.7. The van der Waals surface area contributed by atoms with Crippen molar-refractivity contribution in [2.24, 2.45) is 4.99 Å². The van der Waals surface area contributed by atoms with Crippen molar-refractivity contribution in [2.45, 2.75) is 18.1 Å². The van der Waals surface area contributed by atoms with Gasteiger partial charge < -0.3 is 4.84 Å². The fourth-order valence-corrected chi connectivity index (χ4v) is 4.06. The Bertz CT molecular complexity index is 1150. The Morgan fingerprint density at radius 3 is 2.35 bits per heavy atom. The molecule has 0 saturated carbocycles. The lowest BCUT2D eigenvalue weighted by atomic mass is 9.76. The summed E-state index contributed by atoms with van der Waals surface area (Å²) < 4.78 is 38.8. The van der Waals surface area contributed by atoms with E-state index in [0.29, 0.717) is 12.0 Å². The smallest absolute Gasteiger partial charge is 0.334 e. The zero-order chi connectivity index (χ0) is 22.1. The molecule has 3 aromatic carbocycles. The summed E-state index contributed by atoms with van der Waals surface area (Å²) in [6.07, 6.45) is -4.65. The third kappa shape index (κ3) is 4.20. The van der Waals surface area contributed by atoms with Gasteiger partial charge in [0, 0.05) is 16.5 Å². The van der Waals surface area contributed by atoms with Crippen LogP contribution in [0.2, 0.25) is 0 Å². The van der Waals surface area contributed by atoms with E-state index in [-0.39, 0.29) is 5.84 Å². The first kappa shape index (κ1) is 21.1. The molecule has 4 nitrogen and oxygen atoms in total. The lowest BCUT2D eigenvalue weighted by molar-refractivity contribution is -0.203. The Morgan fingerprint density at radius 1 is 0.968 bits per heavy atom. The van der Waals surface area contributed by atoms with Crippen LogP contribution in [0.1, 0.15) is 22.3 Å². The number of benzene rings is 3. The van der Waals surface area contributed by atoms with Crippen LogP contribution in [-0.2, 0) is 21.6 Å². The zero-order valence-electron chi connectivity index (χ0n) is 16.0. The van der Waals surface area contributed by atoms with E-state index in [4.69, 9.17) is 4.99 Å². The Balaban J connectivity index is 1.88. The molecule has 0 aromatic heterocycles. The van der Waals surface area contributed by atoms with E-state index in [0.717, 1.165) is 21.2 Å². The number of aliphatic imine (C=N–C) groups is 1. The second kappa shape index (κ2) is 8.19. The zero-order valence-corrected chi connectivity index (χ0v) is 17.6. The molecule has 158 valence electrons. The van der Waals surface area contributed by atoms with Crippen LogP contribution >= 0.6 is 15.9 Å². The van der Waals surface area contributed by atoms with E-state index in [1.165, 1.54) is 0 Å². The molecule has 1 aliphatic heterocycles. The van der Waals surface area contributed by atoms with Gasteiger partial charge in [0.25, 0.3) is 0 Å². The van der Waals surface area contributed by atoms with Crippen LogP contribution in [0.5, 0.6) is 0 Å². The van der Waals surface area contributed by atoms with Gasteiger partial charge in [-0.3, -0.25) is 0 Å². The van der Waals surface area contributed by atoms with Gasteiger partial charge >= 0.3 is 12.1 Å². The highest BCUT2D eigenvalue weighted by Gasteiger charge is 2.43. The average Bonchev–Trinajstić information content (AvgIpc) is 2.77. The number of carbonyl (C=O) groups is 1. The Kier molecular flexibility index (Phi) is 5.58. The average molecular weight is 489 g/mol. The first-order chi connectivity index (χ1) is 14.8. The van der Waals surface area contributed by atoms with Crippen LogP contribution in [0.4, 0.5) is 13.2 Å². The third-order valence-corrected chi connectivity index (χ3v) is 5.54. The summed E-state index contributed by atoms with van der Waals surface area (Å²) in [5, 5.41) is 0. The molecule has 1 N–H and O–H groups in total. The van der Waals surface area contributed by atoms with Gasteiger partial charge in [-0.2, -0.15) is 18.7 Å². The molecule has 0 saturated heterocycles. The molecular weight excluding hydrogens is 473 g/mol. The van der Waals surface area contributed by atoms with Crippen molar-refractivity contribution in [2.75, 3.05) is 0 Å². The van der Waals surface area contributed by atoms with Crippen molar-refractivity contribution in [1.82, 2.24) is 5.48 Å². The van der Waals surface area contributed by atoms with E-state index in [1.807, 2.05) is 66.7 Å². The standard InChI is InChI=1S/C23H16BrF3N2O2/c24-18-11-6-10-17(13-18)22(16-8-2-1-3-9-16)14-15-7-4-5-12-19(15)20(28-22)29-31-21(30)23(25,26)27/h1-13H,14H2,(H,28,29). The number of halogens is 4. The van der Waals surface area contributed by atoms with Crippen LogP contribution in [-0.4, -0.2) is 18.0 Å². The number of nitrogens with zero attached hydrogens (tertiary/aromatic N) is 1. The number of fused-ring (bicyclic) bond motifs is 1. The van der Waals surface area contributed by atoms with Gasteiger partial charge in [-0.05, 0) is 28.8 Å². The quantitative estimate of drug-likeness (QED) is 0.497. The van der Waals surface area contributed by atoms with Crippen molar-refractivity contribution in [3.8, 4) is 0 Å². The largest absolute Gasteiger partial charge is 0.493 e. The molecule has 1 heterocycles. The van der Waals surface area contributed by atoms with Gasteiger partial charge in [0.1, 0.15) is 5.54 Å². The number of hydrogen-bond acceptors (Lipinski definition) is 4. The summed E-state index contributed by atoms with van der Waals surface area (Å²) in [4.78, 5) is 20.5. The normalized spacial score (nSPS) is 18.0. The lowest BCUT2D eigenvalue weighted by Gasteiger charge is -2.36. The highest BCUT2D eigenvalue weighted by atomic mass is 79.9. The minimum absolute atomic E-state index is 0.0447. The SMILES string of the molecule is O=C(ONC1=NC(c2ccccc2)(c2cccc(Br)c2)Cc2ccccc21)C(F)(F)F. The minimum Gasteiger partial charge on any atom is -0.334 e. The molecule has 4 rings (SSSR count). The molecule has 1 atom stereocenters. The summed E-state index contributed by atoms with van der Waals surface area (Å²) in [5.74, 6) is -2.30. The fourth-order valence-electron chi connectivity index (χ4n) is 3.66. The monoisotopic (exact) mass is 488 g/mol. The predicted octanol–water partition coefficient (Wildman–Crippen LogP) is 5.31. The van der Waals surface area contributed by atoms with E-state index < -0.39 is 17.7 Å². The Hall–Kier alpha value is -3.13. The van der Waals surface area contributed by atoms with Gasteiger partial charge in [0.2, 0.25) is 0 Å². The highest BCUT2D eigenvalue weighted by molar-refractivity contribution is 9.10. The van der Waals surface area contributed by atoms with Crippen LogP contribution in [0.15, 0.2) is 88.3 Å². The highest BCUT2D eigenvalue weighted by Crippen LogP contribution is 2.41. The molecule has 0 bridgehead atoms. The number of alkyl halides is 3. The van der Waals surface area contributed by atoms with Crippen molar-refractivity contribution in [1.29, 1.82) is 0 Å². The van der Waals surface area contributed by atoms with Crippen molar-refractivity contribution in [3.63, 3.8) is 0 Å². The molecule has 0 aliphatic carbocycles. The van der Waals surface area contributed by atoms with Gasteiger partial charge in [-0.1, -0.05) is 82.7 Å².